The van der Waals surface area contributed by atoms with E-state index < -0.39 is 10.3 Å². The van der Waals surface area contributed by atoms with Crippen molar-refractivity contribution in [2.24, 2.45) is 0 Å². The van der Waals surface area contributed by atoms with E-state index >= 15 is 0 Å². The number of nitro benzene ring substituents is 1. The molecule has 0 radical (unpaired) electrons. The van der Waals surface area contributed by atoms with Gasteiger partial charge >= 0.3 is 5.69 Å². The van der Waals surface area contributed by atoms with Gasteiger partial charge < -0.3 is 14.6 Å². The molecular formula is C14H18N2O5. The Morgan fingerprint density at radius 3 is 2.67 bits per heavy atom. The van der Waals surface area contributed by atoms with Gasteiger partial charge in [-0.25, -0.2) is 0 Å². The van der Waals surface area contributed by atoms with Gasteiger partial charge in [0.05, 0.1) is 29.1 Å². The van der Waals surface area contributed by atoms with Crippen molar-refractivity contribution in [3.05, 3.63) is 27.8 Å². The normalized spacial score (nSPS) is 24.4. The predicted octanol–water partition coefficient (Wildman–Crippen LogP) is 1.63. The number of rotatable bonds is 2. The molecule has 0 amide bonds. The maximum Gasteiger partial charge on any atom is 0.318 e. The summed E-state index contributed by atoms with van der Waals surface area (Å²) in [4.78, 5) is 12.9. The van der Waals surface area contributed by atoms with Crippen LogP contribution in [0.3, 0.4) is 0 Å². The number of hydrogen-bond donors (Lipinski definition) is 1. The summed E-state index contributed by atoms with van der Waals surface area (Å²) in [6.45, 7) is 6.51. The third-order valence-corrected chi connectivity index (χ3v) is 4.18. The Kier molecular flexibility index (Phi) is 3.26. The van der Waals surface area contributed by atoms with E-state index in [1.54, 1.807) is 6.07 Å². The molecule has 1 fully saturated rings. The Hall–Kier alpha value is -1.86. The predicted molar refractivity (Wildman–Crippen MR) is 74.6 cm³/mol. The third kappa shape index (κ3) is 2.13. The van der Waals surface area contributed by atoms with Crippen molar-refractivity contribution in [2.45, 2.75) is 25.5 Å². The molecule has 2 aliphatic heterocycles. The van der Waals surface area contributed by atoms with Crippen molar-refractivity contribution >= 4 is 5.69 Å². The average molecular weight is 294 g/mol. The molecule has 21 heavy (non-hydrogen) atoms. The first-order valence-corrected chi connectivity index (χ1v) is 6.92. The van der Waals surface area contributed by atoms with Crippen LogP contribution in [0.25, 0.3) is 0 Å². The Balaban J connectivity index is 2.05. The van der Waals surface area contributed by atoms with Gasteiger partial charge in [-0.3, -0.25) is 15.0 Å². The summed E-state index contributed by atoms with van der Waals surface area (Å²) in [5.74, 6) is 0.152. The number of aromatic hydroxyl groups is 1. The molecule has 1 atom stereocenters. The molecule has 0 aromatic heterocycles. The highest BCUT2D eigenvalue weighted by Gasteiger charge is 2.50. The second-order valence-electron chi connectivity index (χ2n) is 5.90. The van der Waals surface area contributed by atoms with Crippen LogP contribution in [0.2, 0.25) is 0 Å². The van der Waals surface area contributed by atoms with E-state index in [2.05, 4.69) is 4.90 Å². The summed E-state index contributed by atoms with van der Waals surface area (Å²) < 4.78 is 11.3. The summed E-state index contributed by atoms with van der Waals surface area (Å²) in [5, 5.41) is 21.2. The van der Waals surface area contributed by atoms with Gasteiger partial charge in [0, 0.05) is 13.1 Å². The minimum atomic E-state index is -0.589. The van der Waals surface area contributed by atoms with Crippen LogP contribution in [0.4, 0.5) is 5.69 Å². The van der Waals surface area contributed by atoms with E-state index in [-0.39, 0.29) is 17.7 Å². The quantitative estimate of drug-likeness (QED) is 0.659. The van der Waals surface area contributed by atoms with E-state index in [0.29, 0.717) is 24.5 Å². The van der Waals surface area contributed by atoms with Gasteiger partial charge in [0.15, 0.2) is 12.0 Å². The Morgan fingerprint density at radius 2 is 2.05 bits per heavy atom. The van der Waals surface area contributed by atoms with Gasteiger partial charge in [-0.1, -0.05) is 13.8 Å². The first kappa shape index (κ1) is 14.1. The van der Waals surface area contributed by atoms with Gasteiger partial charge in [-0.2, -0.15) is 0 Å². The van der Waals surface area contributed by atoms with E-state index in [4.69, 9.17) is 9.47 Å². The monoisotopic (exact) mass is 294 g/mol. The zero-order valence-electron chi connectivity index (χ0n) is 12.0. The lowest BCUT2D eigenvalue weighted by molar-refractivity contribution is -0.387. The number of benzene rings is 1. The second-order valence-corrected chi connectivity index (χ2v) is 5.90. The minimum absolute atomic E-state index is 0.256. The standard InChI is InChI=1S/C14H18N2O5/c1-14(2)11-10(4-3-9(17)12(11)16(18)19)21-13(14)15-5-7-20-8-6-15/h3-4,13,17H,5-8H2,1-2H3. The van der Waals surface area contributed by atoms with E-state index in [9.17, 15) is 15.2 Å². The maximum absolute atomic E-state index is 11.3. The molecule has 1 unspecified atom stereocenters. The number of phenolic OH excluding ortho intramolecular Hbond substituents is 1. The molecular weight excluding hydrogens is 276 g/mol. The average Bonchev–Trinajstić information content (AvgIpc) is 2.71. The summed E-state index contributed by atoms with van der Waals surface area (Å²) >= 11 is 0. The second kappa shape index (κ2) is 4.85. The fraction of sp³-hybridized carbons (Fsp3) is 0.571. The molecule has 1 N–H and O–H groups in total. The molecule has 0 aliphatic carbocycles. The van der Waals surface area contributed by atoms with Gasteiger partial charge in [0.1, 0.15) is 5.75 Å². The number of ether oxygens (including phenoxy) is 2. The molecule has 7 heteroatoms. The Morgan fingerprint density at radius 1 is 1.38 bits per heavy atom. The minimum Gasteiger partial charge on any atom is -0.502 e. The van der Waals surface area contributed by atoms with Crippen LogP contribution in [0.1, 0.15) is 19.4 Å². The zero-order chi connectivity index (χ0) is 15.2. The highest BCUT2D eigenvalue weighted by molar-refractivity contribution is 5.63. The lowest BCUT2D eigenvalue weighted by atomic mass is 9.82. The first-order chi connectivity index (χ1) is 9.93. The van der Waals surface area contributed by atoms with Crippen molar-refractivity contribution in [3.8, 4) is 11.5 Å². The number of nitro groups is 1. The van der Waals surface area contributed by atoms with Crippen LogP contribution in [-0.4, -0.2) is 47.5 Å². The molecule has 7 nitrogen and oxygen atoms in total. The van der Waals surface area contributed by atoms with Gasteiger partial charge in [-0.05, 0) is 12.1 Å². The molecule has 0 spiro atoms. The summed E-state index contributed by atoms with van der Waals surface area (Å²) in [6, 6.07) is 2.91. The van der Waals surface area contributed by atoms with Crippen molar-refractivity contribution < 1.29 is 19.5 Å². The molecule has 114 valence electrons. The number of nitrogens with zero attached hydrogens (tertiary/aromatic N) is 2. The summed E-state index contributed by atoms with van der Waals surface area (Å²) in [7, 11) is 0. The summed E-state index contributed by atoms with van der Waals surface area (Å²) in [5.41, 5.74) is -0.384. The van der Waals surface area contributed by atoms with Gasteiger partial charge in [0.25, 0.3) is 0 Å². The van der Waals surface area contributed by atoms with Crippen LogP contribution >= 0.6 is 0 Å². The van der Waals surface area contributed by atoms with Crippen LogP contribution < -0.4 is 4.74 Å². The third-order valence-electron chi connectivity index (χ3n) is 4.18. The lowest BCUT2D eigenvalue weighted by Crippen LogP contribution is -2.52. The molecule has 2 aliphatic rings. The lowest BCUT2D eigenvalue weighted by Gasteiger charge is -2.37. The van der Waals surface area contributed by atoms with Crippen LogP contribution in [0.5, 0.6) is 11.5 Å². The Bertz CT molecular complexity index is 581. The summed E-state index contributed by atoms with van der Waals surface area (Å²) in [6.07, 6.45) is -0.295. The van der Waals surface area contributed by atoms with E-state index in [1.165, 1.54) is 6.07 Å². The maximum atomic E-state index is 11.3. The molecule has 3 rings (SSSR count). The molecule has 0 saturated carbocycles. The van der Waals surface area contributed by atoms with Crippen molar-refractivity contribution in [1.82, 2.24) is 4.90 Å². The zero-order valence-corrected chi connectivity index (χ0v) is 12.0. The molecule has 2 heterocycles. The number of hydrogen-bond acceptors (Lipinski definition) is 6. The van der Waals surface area contributed by atoms with Gasteiger partial charge in [-0.15, -0.1) is 0 Å². The highest BCUT2D eigenvalue weighted by atomic mass is 16.6. The SMILES string of the molecule is CC1(C)c2c(ccc(O)c2[N+](=O)[O-])OC1N1CCOCC1. The first-order valence-electron chi connectivity index (χ1n) is 6.92. The fourth-order valence-electron chi connectivity index (χ4n) is 3.20. The molecule has 1 saturated heterocycles. The topological polar surface area (TPSA) is 85.1 Å². The van der Waals surface area contributed by atoms with Crippen LogP contribution in [0, 0.1) is 10.1 Å². The fourth-order valence-corrected chi connectivity index (χ4v) is 3.20. The molecule has 1 aromatic carbocycles. The molecule has 1 aromatic rings. The van der Waals surface area contributed by atoms with E-state index in [1.807, 2.05) is 13.8 Å². The van der Waals surface area contributed by atoms with E-state index in [0.717, 1.165) is 13.1 Å². The number of phenols is 1. The molecule has 0 bridgehead atoms. The van der Waals surface area contributed by atoms with Crippen molar-refractivity contribution in [2.75, 3.05) is 26.3 Å². The Labute approximate surface area is 122 Å². The van der Waals surface area contributed by atoms with Crippen molar-refractivity contribution in [3.63, 3.8) is 0 Å². The van der Waals surface area contributed by atoms with Crippen LogP contribution in [-0.2, 0) is 10.2 Å². The largest absolute Gasteiger partial charge is 0.502 e. The smallest absolute Gasteiger partial charge is 0.318 e. The number of fused-ring (bicyclic) bond motifs is 1. The van der Waals surface area contributed by atoms with Crippen LogP contribution in [0.15, 0.2) is 12.1 Å². The number of morpholine rings is 1. The van der Waals surface area contributed by atoms with Crippen molar-refractivity contribution in [1.29, 1.82) is 0 Å². The van der Waals surface area contributed by atoms with Gasteiger partial charge in [0.2, 0.25) is 0 Å². The highest BCUT2D eigenvalue weighted by Crippen LogP contribution is 2.51.